The molecule has 0 radical (unpaired) electrons. The van der Waals surface area contributed by atoms with Gasteiger partial charge in [0.05, 0.1) is 23.9 Å². The van der Waals surface area contributed by atoms with Crippen molar-refractivity contribution in [2.24, 2.45) is 7.05 Å². The summed E-state index contributed by atoms with van der Waals surface area (Å²) in [5, 5.41) is 23.3. The van der Waals surface area contributed by atoms with Crippen LogP contribution in [0.3, 0.4) is 0 Å². The maximum Gasteiger partial charge on any atom is 0.339 e. The van der Waals surface area contributed by atoms with Crippen molar-refractivity contribution in [1.82, 2.24) is 14.8 Å². The maximum absolute atomic E-state index is 11.3. The third kappa shape index (κ3) is 2.12. The number of aliphatic hydroxyl groups excluding tert-OH is 1. The number of fused-ring (bicyclic) bond motifs is 1. The first-order valence-electron chi connectivity index (χ1n) is 5.85. The molecule has 2 heterocycles. The van der Waals surface area contributed by atoms with Gasteiger partial charge in [0.25, 0.3) is 0 Å². The Morgan fingerprint density at radius 2 is 2.21 bits per heavy atom. The minimum Gasteiger partial charge on any atom is -0.478 e. The predicted molar refractivity (Wildman–Crippen MR) is 70.4 cm³/mol. The fraction of sp³-hybridized carbons (Fsp3) is 0.417. The first-order valence-corrected chi connectivity index (χ1v) is 5.85. The van der Waals surface area contributed by atoms with Gasteiger partial charge in [-0.3, -0.25) is 4.68 Å². The molecular formula is C12H16N4O3. The van der Waals surface area contributed by atoms with Crippen LogP contribution in [0.5, 0.6) is 0 Å². The second kappa shape index (κ2) is 4.85. The molecule has 0 amide bonds. The lowest BCUT2D eigenvalue weighted by Gasteiger charge is -2.27. The molecule has 7 nitrogen and oxygen atoms in total. The van der Waals surface area contributed by atoms with Crippen LogP contribution >= 0.6 is 0 Å². The van der Waals surface area contributed by atoms with Gasteiger partial charge in [-0.2, -0.15) is 5.10 Å². The summed E-state index contributed by atoms with van der Waals surface area (Å²) in [4.78, 5) is 17.2. The van der Waals surface area contributed by atoms with Crippen LogP contribution in [-0.4, -0.2) is 50.6 Å². The van der Waals surface area contributed by atoms with Crippen molar-refractivity contribution >= 4 is 22.7 Å². The fourth-order valence-corrected chi connectivity index (χ4v) is 1.96. The number of carbonyl (C=O) groups is 1. The summed E-state index contributed by atoms with van der Waals surface area (Å²) in [5.74, 6) is -1.05. The van der Waals surface area contributed by atoms with Crippen molar-refractivity contribution in [3.05, 3.63) is 18.0 Å². The summed E-state index contributed by atoms with van der Waals surface area (Å²) >= 11 is 0. The van der Waals surface area contributed by atoms with E-state index in [1.807, 2.05) is 6.92 Å². The molecule has 0 aliphatic carbocycles. The first kappa shape index (κ1) is 13.3. The standard InChI is InChI=1S/C12H16N4O3/c1-7(6-17)15(2)10-8-5-14-16(3)11(8)13-4-9(10)12(18)19/h4-5,7,17H,6H2,1-3H3,(H,18,19). The fourth-order valence-electron chi connectivity index (χ4n) is 1.96. The molecule has 2 aromatic rings. The number of aliphatic hydroxyl groups is 1. The zero-order valence-corrected chi connectivity index (χ0v) is 11.0. The highest BCUT2D eigenvalue weighted by Crippen LogP contribution is 2.29. The number of hydrogen-bond acceptors (Lipinski definition) is 5. The quantitative estimate of drug-likeness (QED) is 0.834. The van der Waals surface area contributed by atoms with Gasteiger partial charge in [-0.15, -0.1) is 0 Å². The largest absolute Gasteiger partial charge is 0.478 e. The minimum atomic E-state index is -1.05. The number of pyridine rings is 1. The lowest BCUT2D eigenvalue weighted by Crippen LogP contribution is -2.33. The number of aryl methyl sites for hydroxylation is 1. The van der Waals surface area contributed by atoms with E-state index < -0.39 is 5.97 Å². The molecule has 0 saturated heterocycles. The van der Waals surface area contributed by atoms with Gasteiger partial charge in [0.2, 0.25) is 0 Å². The molecule has 0 bridgehead atoms. The van der Waals surface area contributed by atoms with E-state index in [1.54, 1.807) is 29.9 Å². The number of aromatic nitrogens is 3. The van der Waals surface area contributed by atoms with Crippen LogP contribution in [0, 0.1) is 0 Å². The van der Waals surface area contributed by atoms with Crippen molar-refractivity contribution in [2.75, 3.05) is 18.6 Å². The monoisotopic (exact) mass is 264 g/mol. The molecule has 2 rings (SSSR count). The molecule has 0 fully saturated rings. The minimum absolute atomic E-state index is 0.0698. The number of anilines is 1. The molecule has 0 aromatic carbocycles. The van der Waals surface area contributed by atoms with E-state index >= 15 is 0 Å². The van der Waals surface area contributed by atoms with Crippen LogP contribution in [0.4, 0.5) is 5.69 Å². The highest BCUT2D eigenvalue weighted by molar-refractivity contribution is 6.03. The van der Waals surface area contributed by atoms with Crippen LogP contribution in [0.25, 0.3) is 11.0 Å². The smallest absolute Gasteiger partial charge is 0.339 e. The average molecular weight is 264 g/mol. The van der Waals surface area contributed by atoms with Gasteiger partial charge in [-0.05, 0) is 6.92 Å². The van der Waals surface area contributed by atoms with E-state index in [-0.39, 0.29) is 18.2 Å². The number of carboxylic acids is 1. The van der Waals surface area contributed by atoms with E-state index in [2.05, 4.69) is 10.1 Å². The molecule has 7 heteroatoms. The van der Waals surface area contributed by atoms with E-state index in [0.717, 1.165) is 0 Å². The first-order chi connectivity index (χ1) is 8.97. The molecule has 0 aliphatic heterocycles. The maximum atomic E-state index is 11.3. The Hall–Kier alpha value is -2.15. The number of nitrogens with zero attached hydrogens (tertiary/aromatic N) is 4. The third-order valence-electron chi connectivity index (χ3n) is 3.24. The highest BCUT2D eigenvalue weighted by atomic mass is 16.4. The van der Waals surface area contributed by atoms with E-state index in [4.69, 9.17) is 0 Å². The second-order valence-electron chi connectivity index (χ2n) is 4.47. The van der Waals surface area contributed by atoms with Crippen LogP contribution in [0.2, 0.25) is 0 Å². The molecule has 0 aliphatic rings. The van der Waals surface area contributed by atoms with Crippen molar-refractivity contribution in [3.63, 3.8) is 0 Å². The molecule has 2 N–H and O–H groups in total. The summed E-state index contributed by atoms with van der Waals surface area (Å²) in [6.07, 6.45) is 2.91. The molecule has 0 spiro atoms. The van der Waals surface area contributed by atoms with Crippen LogP contribution in [-0.2, 0) is 7.05 Å². The number of hydrogen-bond donors (Lipinski definition) is 2. The molecule has 19 heavy (non-hydrogen) atoms. The SMILES string of the molecule is CC(CO)N(C)c1c(C(=O)O)cnc2c1cnn2C. The van der Waals surface area contributed by atoms with Gasteiger partial charge in [-0.1, -0.05) is 0 Å². The molecule has 1 atom stereocenters. The van der Waals surface area contributed by atoms with Crippen molar-refractivity contribution in [2.45, 2.75) is 13.0 Å². The van der Waals surface area contributed by atoms with Crippen LogP contribution in [0.15, 0.2) is 12.4 Å². The number of carboxylic acid groups (broad SMARTS) is 1. The van der Waals surface area contributed by atoms with Crippen molar-refractivity contribution in [3.8, 4) is 0 Å². The number of aromatic carboxylic acids is 1. The Bertz CT molecular complexity index is 623. The Labute approximate surface area is 110 Å². The summed E-state index contributed by atoms with van der Waals surface area (Å²) in [5.41, 5.74) is 1.23. The van der Waals surface area contributed by atoms with E-state index in [9.17, 15) is 15.0 Å². The van der Waals surface area contributed by atoms with Gasteiger partial charge < -0.3 is 15.1 Å². The van der Waals surface area contributed by atoms with Gasteiger partial charge in [0.1, 0.15) is 5.56 Å². The van der Waals surface area contributed by atoms with Crippen LogP contribution < -0.4 is 4.90 Å². The van der Waals surface area contributed by atoms with Gasteiger partial charge in [0.15, 0.2) is 5.65 Å². The molecule has 0 saturated carbocycles. The number of likely N-dealkylation sites (N-methyl/N-ethyl adjacent to an activating group) is 1. The summed E-state index contributed by atoms with van der Waals surface area (Å²) in [6.45, 7) is 1.74. The Morgan fingerprint density at radius 1 is 1.53 bits per heavy atom. The zero-order valence-electron chi connectivity index (χ0n) is 11.0. The molecule has 1 unspecified atom stereocenters. The van der Waals surface area contributed by atoms with Crippen LogP contribution in [0.1, 0.15) is 17.3 Å². The Balaban J connectivity index is 2.72. The summed E-state index contributed by atoms with van der Waals surface area (Å²) < 4.78 is 1.59. The average Bonchev–Trinajstić information content (AvgIpc) is 2.77. The molecule has 102 valence electrons. The summed E-state index contributed by atoms with van der Waals surface area (Å²) in [7, 11) is 3.49. The Morgan fingerprint density at radius 3 is 2.79 bits per heavy atom. The zero-order chi connectivity index (χ0) is 14.2. The van der Waals surface area contributed by atoms with Crippen molar-refractivity contribution in [1.29, 1.82) is 0 Å². The summed E-state index contributed by atoms with van der Waals surface area (Å²) in [6, 6.07) is -0.205. The van der Waals surface area contributed by atoms with Gasteiger partial charge >= 0.3 is 5.97 Å². The van der Waals surface area contributed by atoms with Gasteiger partial charge in [-0.25, -0.2) is 9.78 Å². The normalized spacial score (nSPS) is 12.6. The topological polar surface area (TPSA) is 91.5 Å². The third-order valence-corrected chi connectivity index (χ3v) is 3.24. The highest BCUT2D eigenvalue weighted by Gasteiger charge is 2.22. The van der Waals surface area contributed by atoms with E-state index in [0.29, 0.717) is 16.7 Å². The predicted octanol–water partition coefficient (Wildman–Crippen LogP) is 0.483. The van der Waals surface area contributed by atoms with Crippen molar-refractivity contribution < 1.29 is 15.0 Å². The molecular weight excluding hydrogens is 248 g/mol. The number of rotatable bonds is 4. The lowest BCUT2D eigenvalue weighted by atomic mass is 10.1. The lowest BCUT2D eigenvalue weighted by molar-refractivity contribution is 0.0697. The Kier molecular flexibility index (Phi) is 3.39. The molecule has 2 aromatic heterocycles. The van der Waals surface area contributed by atoms with Gasteiger partial charge in [0, 0.05) is 26.3 Å². The second-order valence-corrected chi connectivity index (χ2v) is 4.47. The van der Waals surface area contributed by atoms with E-state index in [1.165, 1.54) is 6.20 Å².